The summed E-state index contributed by atoms with van der Waals surface area (Å²) in [6, 6.07) is 0.587. The topological polar surface area (TPSA) is 32.3 Å². The minimum absolute atomic E-state index is 0.0920. The Balaban J connectivity index is 1.94. The molecule has 2 fully saturated rings. The Hall–Kier alpha value is -0.220. The first kappa shape index (κ1) is 14.2. The summed E-state index contributed by atoms with van der Waals surface area (Å²) in [7, 11) is 0. The van der Waals surface area contributed by atoms with Crippen LogP contribution in [0.4, 0.5) is 0 Å². The Morgan fingerprint density at radius 1 is 1.33 bits per heavy atom. The molecule has 0 radical (unpaired) electrons. The van der Waals surface area contributed by atoms with Gasteiger partial charge in [-0.15, -0.1) is 0 Å². The van der Waals surface area contributed by atoms with Gasteiger partial charge in [0.2, 0.25) is 5.91 Å². The minimum Gasteiger partial charge on any atom is -0.337 e. The highest BCUT2D eigenvalue weighted by molar-refractivity contribution is 7.99. The van der Waals surface area contributed by atoms with Gasteiger partial charge >= 0.3 is 0 Å². The van der Waals surface area contributed by atoms with Crippen molar-refractivity contribution in [1.29, 1.82) is 0 Å². The van der Waals surface area contributed by atoms with Gasteiger partial charge < -0.3 is 10.2 Å². The largest absolute Gasteiger partial charge is 0.337 e. The van der Waals surface area contributed by atoms with E-state index in [1.807, 2.05) is 11.8 Å². The molecule has 1 aliphatic heterocycles. The Kier molecular flexibility index (Phi) is 5.37. The molecule has 1 amide bonds. The fourth-order valence-corrected chi connectivity index (χ4v) is 4.25. The Labute approximate surface area is 115 Å². The molecular weight excluding hydrogens is 244 g/mol. The van der Waals surface area contributed by atoms with Gasteiger partial charge in [-0.1, -0.05) is 19.8 Å². The number of nitrogens with one attached hydrogen (secondary N) is 1. The van der Waals surface area contributed by atoms with E-state index >= 15 is 0 Å². The van der Waals surface area contributed by atoms with Crippen LogP contribution in [0.25, 0.3) is 0 Å². The summed E-state index contributed by atoms with van der Waals surface area (Å²) in [5.41, 5.74) is 0. The Morgan fingerprint density at radius 2 is 2.11 bits per heavy atom. The zero-order chi connectivity index (χ0) is 13.0. The van der Waals surface area contributed by atoms with Gasteiger partial charge in [-0.05, 0) is 38.5 Å². The van der Waals surface area contributed by atoms with Gasteiger partial charge in [-0.3, -0.25) is 4.79 Å². The van der Waals surface area contributed by atoms with Crippen LogP contribution >= 0.6 is 11.8 Å². The summed E-state index contributed by atoms with van der Waals surface area (Å²) in [5, 5.41) is 4.04. The van der Waals surface area contributed by atoms with E-state index in [0.29, 0.717) is 17.2 Å². The SMILES string of the molecule is CCCNC1CCN(C2CCCCC2SC)C1=O. The summed E-state index contributed by atoms with van der Waals surface area (Å²) >= 11 is 1.95. The minimum atomic E-state index is 0.0920. The molecule has 3 atom stereocenters. The van der Waals surface area contributed by atoms with Crippen LogP contribution in [0.3, 0.4) is 0 Å². The molecule has 2 aliphatic rings. The van der Waals surface area contributed by atoms with Gasteiger partial charge in [0.25, 0.3) is 0 Å². The molecule has 0 aromatic rings. The second kappa shape index (κ2) is 6.80. The number of hydrogen-bond acceptors (Lipinski definition) is 3. The summed E-state index contributed by atoms with van der Waals surface area (Å²) in [4.78, 5) is 14.6. The molecule has 1 heterocycles. The summed E-state index contributed by atoms with van der Waals surface area (Å²) < 4.78 is 0. The highest BCUT2D eigenvalue weighted by Crippen LogP contribution is 2.32. The molecule has 0 aromatic heterocycles. The third-order valence-corrected chi connectivity index (χ3v) is 5.41. The predicted molar refractivity (Wildman–Crippen MR) is 78.0 cm³/mol. The molecule has 0 spiro atoms. The van der Waals surface area contributed by atoms with Crippen LogP contribution in [-0.2, 0) is 4.79 Å². The second-order valence-corrected chi connectivity index (χ2v) is 6.53. The molecule has 18 heavy (non-hydrogen) atoms. The highest BCUT2D eigenvalue weighted by atomic mass is 32.2. The first-order chi connectivity index (χ1) is 8.77. The third-order valence-electron chi connectivity index (χ3n) is 4.25. The number of nitrogens with zero attached hydrogens (tertiary/aromatic N) is 1. The van der Waals surface area contributed by atoms with Gasteiger partial charge in [-0.25, -0.2) is 0 Å². The summed E-state index contributed by atoms with van der Waals surface area (Å²) in [6.45, 7) is 4.07. The molecule has 1 saturated carbocycles. The van der Waals surface area contributed by atoms with Gasteiger partial charge in [0.15, 0.2) is 0 Å². The van der Waals surface area contributed by atoms with Gasteiger partial charge in [-0.2, -0.15) is 11.8 Å². The first-order valence-electron chi connectivity index (χ1n) is 7.34. The molecule has 0 aromatic carbocycles. The predicted octanol–water partition coefficient (Wildman–Crippen LogP) is 2.26. The number of carbonyl (C=O) groups is 1. The van der Waals surface area contributed by atoms with E-state index in [0.717, 1.165) is 25.9 Å². The standard InChI is InChI=1S/C14H26N2OS/c1-3-9-15-11-8-10-16(14(11)17)12-6-4-5-7-13(12)18-2/h11-13,15H,3-10H2,1-2H3. The van der Waals surface area contributed by atoms with Crippen molar-refractivity contribution >= 4 is 17.7 Å². The van der Waals surface area contributed by atoms with Crippen molar-refractivity contribution in [2.24, 2.45) is 0 Å². The lowest BCUT2D eigenvalue weighted by Gasteiger charge is -2.37. The van der Waals surface area contributed by atoms with Crippen LogP contribution < -0.4 is 5.32 Å². The van der Waals surface area contributed by atoms with Gasteiger partial charge in [0.05, 0.1) is 6.04 Å². The van der Waals surface area contributed by atoms with Crippen molar-refractivity contribution in [3.8, 4) is 0 Å². The van der Waals surface area contributed by atoms with E-state index in [2.05, 4.69) is 23.4 Å². The molecule has 3 unspecified atom stereocenters. The van der Waals surface area contributed by atoms with Crippen molar-refractivity contribution < 1.29 is 4.79 Å². The number of amides is 1. The Morgan fingerprint density at radius 3 is 2.83 bits per heavy atom. The highest BCUT2D eigenvalue weighted by Gasteiger charge is 2.39. The molecule has 1 saturated heterocycles. The van der Waals surface area contributed by atoms with Crippen molar-refractivity contribution in [2.75, 3.05) is 19.3 Å². The number of likely N-dealkylation sites (tertiary alicyclic amines) is 1. The van der Waals surface area contributed by atoms with Crippen molar-refractivity contribution in [1.82, 2.24) is 10.2 Å². The van der Waals surface area contributed by atoms with Crippen LogP contribution in [0.1, 0.15) is 45.4 Å². The number of hydrogen-bond donors (Lipinski definition) is 1. The van der Waals surface area contributed by atoms with Crippen LogP contribution in [-0.4, -0.2) is 47.5 Å². The maximum atomic E-state index is 12.4. The molecule has 104 valence electrons. The number of carbonyl (C=O) groups excluding carboxylic acids is 1. The summed E-state index contributed by atoms with van der Waals surface area (Å²) in [6.07, 6.45) is 9.40. The van der Waals surface area contributed by atoms with E-state index < -0.39 is 0 Å². The lowest BCUT2D eigenvalue weighted by atomic mass is 9.94. The van der Waals surface area contributed by atoms with Gasteiger partial charge in [0.1, 0.15) is 0 Å². The quantitative estimate of drug-likeness (QED) is 0.832. The maximum absolute atomic E-state index is 12.4. The molecule has 3 nitrogen and oxygen atoms in total. The van der Waals surface area contributed by atoms with Gasteiger partial charge in [0, 0.05) is 17.8 Å². The van der Waals surface area contributed by atoms with Crippen LogP contribution in [0.15, 0.2) is 0 Å². The fourth-order valence-electron chi connectivity index (χ4n) is 3.25. The molecule has 0 bridgehead atoms. The lowest BCUT2D eigenvalue weighted by Crippen LogP contribution is -2.48. The van der Waals surface area contributed by atoms with Crippen LogP contribution in [0.2, 0.25) is 0 Å². The van der Waals surface area contributed by atoms with E-state index in [1.165, 1.54) is 25.7 Å². The summed E-state index contributed by atoms with van der Waals surface area (Å²) in [5.74, 6) is 0.356. The Bertz CT molecular complexity index is 285. The average molecular weight is 270 g/mol. The second-order valence-electron chi connectivity index (χ2n) is 5.45. The third kappa shape index (κ3) is 3.02. The fraction of sp³-hybridized carbons (Fsp3) is 0.929. The molecule has 1 aliphatic carbocycles. The van der Waals surface area contributed by atoms with Crippen molar-refractivity contribution in [3.63, 3.8) is 0 Å². The van der Waals surface area contributed by atoms with Crippen LogP contribution in [0, 0.1) is 0 Å². The monoisotopic (exact) mass is 270 g/mol. The number of rotatable bonds is 5. The smallest absolute Gasteiger partial charge is 0.240 e. The van der Waals surface area contributed by atoms with E-state index in [4.69, 9.17) is 0 Å². The molecular formula is C14H26N2OS. The van der Waals surface area contributed by atoms with E-state index in [9.17, 15) is 4.79 Å². The van der Waals surface area contributed by atoms with Crippen molar-refractivity contribution in [2.45, 2.75) is 62.8 Å². The molecule has 4 heteroatoms. The van der Waals surface area contributed by atoms with E-state index in [-0.39, 0.29) is 6.04 Å². The zero-order valence-corrected chi connectivity index (χ0v) is 12.5. The average Bonchev–Trinajstić information content (AvgIpc) is 2.77. The van der Waals surface area contributed by atoms with Crippen LogP contribution in [0.5, 0.6) is 0 Å². The maximum Gasteiger partial charge on any atom is 0.240 e. The molecule has 2 rings (SSSR count). The lowest BCUT2D eigenvalue weighted by molar-refractivity contribution is -0.131. The first-order valence-corrected chi connectivity index (χ1v) is 8.63. The molecule has 1 N–H and O–H groups in total. The normalized spacial score (nSPS) is 33.1. The van der Waals surface area contributed by atoms with E-state index in [1.54, 1.807) is 0 Å². The zero-order valence-electron chi connectivity index (χ0n) is 11.7. The van der Waals surface area contributed by atoms with Crippen molar-refractivity contribution in [3.05, 3.63) is 0 Å². The number of thioether (sulfide) groups is 1.